The molecule has 4 aromatic rings. The highest BCUT2D eigenvalue weighted by Crippen LogP contribution is 2.32. The molecule has 5 rings (SSSR count). The van der Waals surface area contributed by atoms with E-state index in [1.54, 1.807) is 12.3 Å². The molecule has 0 radical (unpaired) electrons. The third-order valence-corrected chi connectivity index (χ3v) is 6.35. The van der Waals surface area contributed by atoms with Crippen LogP contribution in [-0.2, 0) is 4.79 Å². The van der Waals surface area contributed by atoms with Gasteiger partial charge in [-0.2, -0.15) is 0 Å². The van der Waals surface area contributed by atoms with Gasteiger partial charge in [0.2, 0.25) is 0 Å². The lowest BCUT2D eigenvalue weighted by molar-refractivity contribution is -0.143. The minimum absolute atomic E-state index is 0.597. The highest BCUT2D eigenvalue weighted by atomic mass is 35.5. The van der Waals surface area contributed by atoms with Crippen LogP contribution in [0.5, 0.6) is 0 Å². The van der Waals surface area contributed by atoms with Gasteiger partial charge in [-0.1, -0.05) is 29.8 Å². The Morgan fingerprint density at radius 2 is 1.87 bits per heavy atom. The summed E-state index contributed by atoms with van der Waals surface area (Å²) < 4.78 is 0. The van der Waals surface area contributed by atoms with Gasteiger partial charge >= 0.3 is 5.97 Å². The van der Waals surface area contributed by atoms with Gasteiger partial charge < -0.3 is 15.0 Å². The Hall–Kier alpha value is -3.09. The molecule has 0 aliphatic carbocycles. The van der Waals surface area contributed by atoms with Crippen LogP contribution in [0.3, 0.4) is 0 Å². The molecule has 7 heteroatoms. The number of aromatic amines is 1. The minimum Gasteiger partial charge on any atom is -0.480 e. The molecule has 0 bridgehead atoms. The molecule has 3 heterocycles. The van der Waals surface area contributed by atoms with Crippen LogP contribution in [0, 0.1) is 6.92 Å². The summed E-state index contributed by atoms with van der Waals surface area (Å²) in [6.45, 7) is 4.82. The number of aromatic nitrogens is 2. The first-order valence-electron chi connectivity index (χ1n) is 10.4. The van der Waals surface area contributed by atoms with Gasteiger partial charge in [0.05, 0.1) is 5.52 Å². The molecule has 2 aromatic heterocycles. The van der Waals surface area contributed by atoms with Gasteiger partial charge in [-0.15, -0.1) is 0 Å². The van der Waals surface area contributed by atoms with Crippen LogP contribution in [0.1, 0.15) is 17.2 Å². The number of nitrogens with zero attached hydrogens (tertiary/aromatic N) is 3. The molecule has 0 saturated carbocycles. The van der Waals surface area contributed by atoms with Crippen molar-refractivity contribution in [3.8, 4) is 0 Å². The highest BCUT2D eigenvalue weighted by Gasteiger charge is 2.32. The van der Waals surface area contributed by atoms with Gasteiger partial charge in [-0.3, -0.25) is 9.69 Å². The smallest absolute Gasteiger partial charge is 0.325 e. The largest absolute Gasteiger partial charge is 0.480 e. The van der Waals surface area contributed by atoms with E-state index in [1.807, 2.05) is 35.2 Å². The number of piperazine rings is 1. The van der Waals surface area contributed by atoms with E-state index in [0.717, 1.165) is 46.3 Å². The summed E-state index contributed by atoms with van der Waals surface area (Å²) >= 11 is 6.17. The lowest BCUT2D eigenvalue weighted by atomic mass is 10.0. The molecule has 2 aromatic carbocycles. The maximum absolute atomic E-state index is 12.3. The third kappa shape index (κ3) is 3.62. The van der Waals surface area contributed by atoms with E-state index in [2.05, 4.69) is 28.9 Å². The van der Waals surface area contributed by atoms with E-state index in [-0.39, 0.29) is 0 Å². The second kappa shape index (κ2) is 7.87. The maximum atomic E-state index is 12.3. The summed E-state index contributed by atoms with van der Waals surface area (Å²) in [5.74, 6) is 0.0931. The summed E-state index contributed by atoms with van der Waals surface area (Å²) in [4.78, 5) is 24.5. The molecule has 2 N–H and O–H groups in total. The first-order valence-corrected chi connectivity index (χ1v) is 10.7. The average Bonchev–Trinajstić information content (AvgIpc) is 3.17. The molecule has 0 amide bonds. The first-order chi connectivity index (χ1) is 15.0. The SMILES string of the molecule is Cc1cc(N2CCN([C@H](C(=O)O)c3c[nH]c4ccc(Cl)cc34)CC2)nc2ccccc12. The number of aryl methyl sites for hydroxylation is 1. The number of nitrogens with one attached hydrogen (secondary N) is 1. The third-order valence-electron chi connectivity index (χ3n) is 6.12. The predicted molar refractivity (Wildman–Crippen MR) is 124 cm³/mol. The number of rotatable bonds is 4. The van der Waals surface area contributed by atoms with Crippen molar-refractivity contribution in [2.45, 2.75) is 13.0 Å². The molecule has 6 nitrogen and oxygen atoms in total. The molecule has 1 aliphatic rings. The van der Waals surface area contributed by atoms with Crippen LogP contribution >= 0.6 is 11.6 Å². The Labute approximate surface area is 185 Å². The zero-order valence-electron chi connectivity index (χ0n) is 17.2. The second-order valence-electron chi connectivity index (χ2n) is 8.01. The fourth-order valence-corrected chi connectivity index (χ4v) is 4.70. The van der Waals surface area contributed by atoms with E-state index in [4.69, 9.17) is 16.6 Å². The van der Waals surface area contributed by atoms with Crippen molar-refractivity contribution in [1.82, 2.24) is 14.9 Å². The van der Waals surface area contributed by atoms with Gasteiger partial charge in [0.1, 0.15) is 11.9 Å². The van der Waals surface area contributed by atoms with Gasteiger partial charge in [-0.25, -0.2) is 4.98 Å². The number of hydrogen-bond donors (Lipinski definition) is 2. The van der Waals surface area contributed by atoms with Crippen molar-refractivity contribution >= 4 is 45.2 Å². The molecule has 1 fully saturated rings. The molecule has 0 unspecified atom stereocenters. The van der Waals surface area contributed by atoms with Gasteiger partial charge in [-0.05, 0) is 42.8 Å². The summed E-state index contributed by atoms with van der Waals surface area (Å²) in [5, 5.41) is 12.7. The Bertz CT molecular complexity index is 1280. The van der Waals surface area contributed by atoms with E-state index in [9.17, 15) is 9.90 Å². The van der Waals surface area contributed by atoms with Crippen LogP contribution in [0.25, 0.3) is 21.8 Å². The molecule has 1 saturated heterocycles. The molecular formula is C24H23ClN4O2. The lowest BCUT2D eigenvalue weighted by Crippen LogP contribution is -2.49. The number of carboxylic acid groups (broad SMARTS) is 1. The van der Waals surface area contributed by atoms with Crippen molar-refractivity contribution in [3.63, 3.8) is 0 Å². The molecule has 158 valence electrons. The number of benzene rings is 2. The summed E-state index contributed by atoms with van der Waals surface area (Å²) in [7, 11) is 0. The van der Waals surface area contributed by atoms with Crippen molar-refractivity contribution in [1.29, 1.82) is 0 Å². The second-order valence-corrected chi connectivity index (χ2v) is 8.45. The van der Waals surface area contributed by atoms with Crippen LogP contribution in [0.2, 0.25) is 5.02 Å². The average molecular weight is 435 g/mol. The fraction of sp³-hybridized carbons (Fsp3) is 0.250. The molecule has 31 heavy (non-hydrogen) atoms. The van der Waals surface area contributed by atoms with Crippen molar-refractivity contribution in [2.24, 2.45) is 0 Å². The topological polar surface area (TPSA) is 72.5 Å². The number of halogens is 1. The molecule has 1 atom stereocenters. The number of anilines is 1. The number of aliphatic carboxylic acids is 1. The zero-order chi connectivity index (χ0) is 21.5. The zero-order valence-corrected chi connectivity index (χ0v) is 17.9. The summed E-state index contributed by atoms with van der Waals surface area (Å²) in [6, 6.07) is 15.1. The predicted octanol–water partition coefficient (Wildman–Crippen LogP) is 4.63. The number of carboxylic acids is 1. The fourth-order valence-electron chi connectivity index (χ4n) is 4.53. The number of pyridine rings is 1. The van der Waals surface area contributed by atoms with Crippen LogP contribution < -0.4 is 4.90 Å². The Balaban J connectivity index is 1.39. The number of hydrogen-bond acceptors (Lipinski definition) is 4. The van der Waals surface area contributed by atoms with E-state index in [0.29, 0.717) is 18.1 Å². The Kier molecular flexibility index (Phi) is 5.04. The monoisotopic (exact) mass is 434 g/mol. The normalized spacial score (nSPS) is 16.1. The number of fused-ring (bicyclic) bond motifs is 2. The van der Waals surface area contributed by atoms with Gasteiger partial charge in [0, 0.05) is 59.3 Å². The summed E-state index contributed by atoms with van der Waals surface area (Å²) in [6.07, 6.45) is 1.79. The van der Waals surface area contributed by atoms with Gasteiger partial charge in [0.15, 0.2) is 0 Å². The van der Waals surface area contributed by atoms with Crippen molar-refractivity contribution in [3.05, 3.63) is 70.9 Å². The van der Waals surface area contributed by atoms with Crippen LogP contribution in [0.4, 0.5) is 5.82 Å². The first kappa shape index (κ1) is 19.8. The molecule has 1 aliphatic heterocycles. The molecule has 0 spiro atoms. The van der Waals surface area contributed by atoms with E-state index >= 15 is 0 Å². The number of para-hydroxylation sites is 1. The van der Waals surface area contributed by atoms with Crippen molar-refractivity contribution in [2.75, 3.05) is 31.1 Å². The standard InChI is InChI=1S/C24H23ClN4O2/c1-15-12-22(27-21-5-3-2-4-17(15)21)28-8-10-29(11-9-28)23(24(30)31)19-14-26-20-7-6-16(25)13-18(19)20/h2-7,12-14,23,26H,8-11H2,1H3,(H,30,31)/t23-/m0/s1. The Morgan fingerprint density at radius 1 is 1.10 bits per heavy atom. The maximum Gasteiger partial charge on any atom is 0.325 e. The van der Waals surface area contributed by atoms with Crippen LogP contribution in [-0.4, -0.2) is 52.1 Å². The van der Waals surface area contributed by atoms with Crippen molar-refractivity contribution < 1.29 is 9.90 Å². The van der Waals surface area contributed by atoms with Crippen LogP contribution in [0.15, 0.2) is 54.7 Å². The van der Waals surface area contributed by atoms with E-state index in [1.165, 1.54) is 5.56 Å². The van der Waals surface area contributed by atoms with E-state index < -0.39 is 12.0 Å². The Morgan fingerprint density at radius 3 is 2.65 bits per heavy atom. The summed E-state index contributed by atoms with van der Waals surface area (Å²) in [5.41, 5.74) is 3.82. The highest BCUT2D eigenvalue weighted by molar-refractivity contribution is 6.31. The molecular weight excluding hydrogens is 412 g/mol. The van der Waals surface area contributed by atoms with Gasteiger partial charge in [0.25, 0.3) is 0 Å². The number of H-pyrrole nitrogens is 1. The minimum atomic E-state index is -0.853. The lowest BCUT2D eigenvalue weighted by Gasteiger charge is -2.38. The number of carbonyl (C=O) groups is 1. The quantitative estimate of drug-likeness (QED) is 0.490.